The summed E-state index contributed by atoms with van der Waals surface area (Å²) in [4.78, 5) is 0. The van der Waals surface area contributed by atoms with E-state index in [0.29, 0.717) is 29.7 Å². The number of nitrogens with one attached hydrogen (secondary N) is 1. The summed E-state index contributed by atoms with van der Waals surface area (Å²) in [5.74, 6) is -0.352. The second-order valence-electron chi connectivity index (χ2n) is 5.53. The quantitative estimate of drug-likeness (QED) is 0.860. The van der Waals surface area contributed by atoms with Crippen LogP contribution in [0.25, 0.3) is 11.1 Å². The van der Waals surface area contributed by atoms with E-state index in [2.05, 4.69) is 5.32 Å². The summed E-state index contributed by atoms with van der Waals surface area (Å²) >= 11 is 0. The van der Waals surface area contributed by atoms with Gasteiger partial charge in [0, 0.05) is 18.5 Å². The first-order valence-corrected chi connectivity index (χ1v) is 7.20. The van der Waals surface area contributed by atoms with E-state index in [-0.39, 0.29) is 11.9 Å². The molecule has 6 heteroatoms. The minimum atomic E-state index is -4.42. The van der Waals surface area contributed by atoms with E-state index >= 15 is 0 Å². The third-order valence-corrected chi connectivity index (χ3v) is 3.81. The van der Waals surface area contributed by atoms with Gasteiger partial charge in [0.05, 0.1) is 5.56 Å². The summed E-state index contributed by atoms with van der Waals surface area (Å²) < 4.78 is 58.2. The number of hydrogen-bond acceptors (Lipinski definition) is 2. The van der Waals surface area contributed by atoms with Crippen LogP contribution in [0.5, 0.6) is 5.75 Å². The second kappa shape index (κ2) is 5.85. The Hall–Kier alpha value is -2.08. The van der Waals surface area contributed by atoms with Gasteiger partial charge >= 0.3 is 6.18 Å². The van der Waals surface area contributed by atoms with Gasteiger partial charge in [0.2, 0.25) is 0 Å². The monoisotopic (exact) mass is 325 g/mol. The molecule has 0 spiro atoms. The molecule has 0 bridgehead atoms. The zero-order valence-corrected chi connectivity index (χ0v) is 12.4. The Morgan fingerprint density at radius 1 is 1.17 bits per heavy atom. The van der Waals surface area contributed by atoms with Crippen molar-refractivity contribution in [3.63, 3.8) is 0 Å². The maximum absolute atomic E-state index is 14.2. The first-order valence-electron chi connectivity index (χ1n) is 7.20. The molecule has 0 amide bonds. The average molecular weight is 325 g/mol. The predicted molar refractivity (Wildman–Crippen MR) is 78.9 cm³/mol. The highest BCUT2D eigenvalue weighted by molar-refractivity contribution is 5.67. The second-order valence-corrected chi connectivity index (χ2v) is 5.53. The van der Waals surface area contributed by atoms with Crippen LogP contribution < -0.4 is 10.1 Å². The number of ether oxygens (including phenoxy) is 1. The molecule has 1 heterocycles. The standard InChI is InChI=1S/C17H15F4NO/c1-22-9-14-7-12-5-11(8-15(18)16(12)23-14)10-3-2-4-13(6-10)17(19,20)21/h2-6,8,14,22H,7,9H2,1H3. The van der Waals surface area contributed by atoms with Crippen LogP contribution in [0.4, 0.5) is 17.6 Å². The highest BCUT2D eigenvalue weighted by atomic mass is 19.4. The molecule has 2 aromatic rings. The number of rotatable bonds is 3. The number of alkyl halides is 3. The molecule has 122 valence electrons. The molecular formula is C17H15F4NO. The van der Waals surface area contributed by atoms with E-state index < -0.39 is 17.6 Å². The lowest BCUT2D eigenvalue weighted by Gasteiger charge is -2.10. The van der Waals surface area contributed by atoms with Crippen LogP contribution in [-0.4, -0.2) is 19.7 Å². The van der Waals surface area contributed by atoms with Gasteiger partial charge in [-0.3, -0.25) is 0 Å². The van der Waals surface area contributed by atoms with Crippen LogP contribution in [0, 0.1) is 5.82 Å². The summed E-state index contributed by atoms with van der Waals surface area (Å²) in [6.45, 7) is 0.576. The predicted octanol–water partition coefficient (Wildman–Crippen LogP) is 4.03. The Morgan fingerprint density at radius 2 is 1.96 bits per heavy atom. The maximum atomic E-state index is 14.2. The van der Waals surface area contributed by atoms with Crippen molar-refractivity contribution in [2.24, 2.45) is 0 Å². The topological polar surface area (TPSA) is 21.3 Å². The average Bonchev–Trinajstić information content (AvgIpc) is 2.90. The maximum Gasteiger partial charge on any atom is 0.416 e. The molecular weight excluding hydrogens is 310 g/mol. The smallest absolute Gasteiger partial charge is 0.416 e. The Kier molecular flexibility index (Phi) is 4.02. The first kappa shape index (κ1) is 15.8. The molecule has 0 saturated carbocycles. The zero-order chi connectivity index (χ0) is 16.6. The lowest BCUT2D eigenvalue weighted by Crippen LogP contribution is -2.27. The lowest BCUT2D eigenvalue weighted by atomic mass is 9.99. The van der Waals surface area contributed by atoms with Crippen molar-refractivity contribution in [3.8, 4) is 16.9 Å². The highest BCUT2D eigenvalue weighted by Gasteiger charge is 2.31. The van der Waals surface area contributed by atoms with E-state index in [9.17, 15) is 17.6 Å². The SMILES string of the molecule is CNCC1Cc2cc(-c3cccc(C(F)(F)F)c3)cc(F)c2O1. The van der Waals surface area contributed by atoms with E-state index in [1.807, 2.05) is 0 Å². The van der Waals surface area contributed by atoms with Gasteiger partial charge in [0.1, 0.15) is 6.10 Å². The molecule has 1 atom stereocenters. The summed E-state index contributed by atoms with van der Waals surface area (Å²) in [7, 11) is 1.77. The Balaban J connectivity index is 1.97. The number of hydrogen-bond donors (Lipinski definition) is 1. The fourth-order valence-electron chi connectivity index (χ4n) is 2.77. The Labute approximate surface area is 131 Å². The fourth-order valence-corrected chi connectivity index (χ4v) is 2.77. The molecule has 2 nitrogen and oxygen atoms in total. The van der Waals surface area contributed by atoms with Crippen molar-refractivity contribution in [2.45, 2.75) is 18.7 Å². The molecule has 1 aliphatic rings. The van der Waals surface area contributed by atoms with Crippen LogP contribution >= 0.6 is 0 Å². The van der Waals surface area contributed by atoms with Crippen molar-refractivity contribution < 1.29 is 22.3 Å². The molecule has 1 N–H and O–H groups in total. The van der Waals surface area contributed by atoms with Gasteiger partial charge in [-0.2, -0.15) is 13.2 Å². The minimum Gasteiger partial charge on any atom is -0.485 e. The van der Waals surface area contributed by atoms with Gasteiger partial charge in [0.25, 0.3) is 0 Å². The fraction of sp³-hybridized carbons (Fsp3) is 0.294. The van der Waals surface area contributed by atoms with Crippen LogP contribution in [-0.2, 0) is 12.6 Å². The molecule has 0 aliphatic carbocycles. The van der Waals surface area contributed by atoms with E-state index in [1.165, 1.54) is 18.2 Å². The van der Waals surface area contributed by atoms with Crippen LogP contribution in [0.15, 0.2) is 36.4 Å². The molecule has 1 aliphatic heterocycles. The molecule has 23 heavy (non-hydrogen) atoms. The van der Waals surface area contributed by atoms with E-state index in [4.69, 9.17) is 4.74 Å². The van der Waals surface area contributed by atoms with Gasteiger partial charge in [-0.1, -0.05) is 12.1 Å². The third kappa shape index (κ3) is 3.17. The van der Waals surface area contributed by atoms with Crippen LogP contribution in [0.1, 0.15) is 11.1 Å². The molecule has 0 aromatic heterocycles. The minimum absolute atomic E-state index is 0.166. The van der Waals surface area contributed by atoms with Gasteiger partial charge in [-0.25, -0.2) is 4.39 Å². The molecule has 0 radical (unpaired) electrons. The highest BCUT2D eigenvalue weighted by Crippen LogP contribution is 2.37. The number of likely N-dealkylation sites (N-methyl/N-ethyl adjacent to an activating group) is 1. The van der Waals surface area contributed by atoms with E-state index in [0.717, 1.165) is 12.1 Å². The molecule has 1 unspecified atom stereocenters. The number of halogens is 4. The zero-order valence-electron chi connectivity index (χ0n) is 12.4. The summed E-state index contributed by atoms with van der Waals surface area (Å²) in [6, 6.07) is 7.81. The summed E-state index contributed by atoms with van der Waals surface area (Å²) in [5, 5.41) is 2.96. The molecule has 0 saturated heterocycles. The van der Waals surface area contributed by atoms with Gasteiger partial charge < -0.3 is 10.1 Å². The van der Waals surface area contributed by atoms with Crippen molar-refractivity contribution in [2.75, 3.05) is 13.6 Å². The van der Waals surface area contributed by atoms with Crippen molar-refractivity contribution >= 4 is 0 Å². The van der Waals surface area contributed by atoms with Gasteiger partial charge in [0.15, 0.2) is 11.6 Å². The van der Waals surface area contributed by atoms with Crippen molar-refractivity contribution in [1.82, 2.24) is 5.32 Å². The van der Waals surface area contributed by atoms with Crippen molar-refractivity contribution in [3.05, 3.63) is 53.3 Å². The van der Waals surface area contributed by atoms with Crippen molar-refractivity contribution in [1.29, 1.82) is 0 Å². The molecule has 0 fully saturated rings. The number of fused-ring (bicyclic) bond motifs is 1. The van der Waals surface area contributed by atoms with E-state index in [1.54, 1.807) is 13.1 Å². The summed E-state index contributed by atoms with van der Waals surface area (Å²) in [5.41, 5.74) is 0.678. The number of benzene rings is 2. The van der Waals surface area contributed by atoms with Gasteiger partial charge in [-0.05, 0) is 42.4 Å². The van der Waals surface area contributed by atoms with Crippen LogP contribution in [0.3, 0.4) is 0 Å². The summed E-state index contributed by atoms with van der Waals surface area (Å²) in [6.07, 6.45) is -4.06. The Bertz CT molecular complexity index is 727. The largest absolute Gasteiger partial charge is 0.485 e. The lowest BCUT2D eigenvalue weighted by molar-refractivity contribution is -0.137. The van der Waals surface area contributed by atoms with Crippen LogP contribution in [0.2, 0.25) is 0 Å². The normalized spacial score (nSPS) is 17.0. The molecule has 3 rings (SSSR count). The first-order chi connectivity index (χ1) is 10.9. The Morgan fingerprint density at radius 3 is 2.65 bits per heavy atom. The van der Waals surface area contributed by atoms with Gasteiger partial charge in [-0.15, -0.1) is 0 Å². The molecule has 2 aromatic carbocycles. The third-order valence-electron chi connectivity index (χ3n) is 3.81.